The van der Waals surface area contributed by atoms with Gasteiger partial charge in [-0.05, 0) is 37.1 Å². The lowest BCUT2D eigenvalue weighted by atomic mass is 9.91. The SMILES string of the molecule is Fc1ccc(OC[C@H]2CC[C@@H]3CN(c4ncc(F)cn4)CCN3C2)cc1. The first-order valence-corrected chi connectivity index (χ1v) is 9.02. The van der Waals surface area contributed by atoms with Gasteiger partial charge in [0.1, 0.15) is 11.6 Å². The van der Waals surface area contributed by atoms with Crippen LogP contribution in [0.2, 0.25) is 0 Å². The second-order valence-electron chi connectivity index (χ2n) is 7.00. The van der Waals surface area contributed by atoms with E-state index in [4.69, 9.17) is 4.74 Å². The molecule has 3 heterocycles. The number of piperazine rings is 1. The second-order valence-corrected chi connectivity index (χ2v) is 7.00. The molecule has 2 fully saturated rings. The lowest BCUT2D eigenvalue weighted by Crippen LogP contribution is -2.57. The standard InChI is InChI=1S/C19H22F2N4O/c20-15-2-5-18(6-3-15)26-13-14-1-4-17-12-25(8-7-24(17)11-14)19-22-9-16(21)10-23-19/h2-3,5-6,9-10,14,17H,1,4,7-8,11-13H2/t14-,17+/m0/s1. The molecule has 2 aliphatic rings. The Kier molecular flexibility index (Phi) is 4.97. The fraction of sp³-hybridized carbons (Fsp3) is 0.474. The molecule has 26 heavy (non-hydrogen) atoms. The van der Waals surface area contributed by atoms with Gasteiger partial charge in [0.25, 0.3) is 0 Å². The third-order valence-corrected chi connectivity index (χ3v) is 5.19. The molecule has 0 amide bonds. The summed E-state index contributed by atoms with van der Waals surface area (Å²) in [6.45, 7) is 4.31. The molecule has 0 unspecified atom stereocenters. The number of nitrogens with zero attached hydrogens (tertiary/aromatic N) is 4. The zero-order valence-electron chi connectivity index (χ0n) is 14.5. The highest BCUT2D eigenvalue weighted by molar-refractivity contribution is 5.30. The summed E-state index contributed by atoms with van der Waals surface area (Å²) in [6.07, 6.45) is 4.63. The number of halogens is 2. The van der Waals surface area contributed by atoms with Gasteiger partial charge in [0.2, 0.25) is 5.95 Å². The first-order valence-electron chi connectivity index (χ1n) is 9.02. The molecule has 2 aromatic rings. The molecule has 2 atom stereocenters. The summed E-state index contributed by atoms with van der Waals surface area (Å²) in [5.41, 5.74) is 0. The number of aromatic nitrogens is 2. The van der Waals surface area contributed by atoms with Crippen LogP contribution in [0.5, 0.6) is 5.75 Å². The predicted octanol–water partition coefficient (Wildman–Crippen LogP) is 2.73. The molecule has 2 saturated heterocycles. The highest BCUT2D eigenvalue weighted by atomic mass is 19.1. The summed E-state index contributed by atoms with van der Waals surface area (Å²) < 4.78 is 31.8. The molecule has 138 valence electrons. The van der Waals surface area contributed by atoms with Crippen molar-refractivity contribution in [2.45, 2.75) is 18.9 Å². The van der Waals surface area contributed by atoms with Crippen molar-refractivity contribution in [1.82, 2.24) is 14.9 Å². The van der Waals surface area contributed by atoms with E-state index < -0.39 is 5.82 Å². The van der Waals surface area contributed by atoms with Crippen LogP contribution in [-0.4, -0.2) is 53.7 Å². The van der Waals surface area contributed by atoms with Crippen molar-refractivity contribution in [2.75, 3.05) is 37.7 Å². The summed E-state index contributed by atoms with van der Waals surface area (Å²) in [5, 5.41) is 0. The van der Waals surface area contributed by atoms with Gasteiger partial charge in [0, 0.05) is 38.1 Å². The maximum atomic E-state index is 13.0. The van der Waals surface area contributed by atoms with Crippen LogP contribution in [0.25, 0.3) is 0 Å². The van der Waals surface area contributed by atoms with Crippen molar-refractivity contribution >= 4 is 5.95 Å². The molecule has 5 nitrogen and oxygen atoms in total. The number of fused-ring (bicyclic) bond motifs is 1. The van der Waals surface area contributed by atoms with Gasteiger partial charge < -0.3 is 9.64 Å². The van der Waals surface area contributed by atoms with Gasteiger partial charge >= 0.3 is 0 Å². The zero-order chi connectivity index (χ0) is 17.9. The Bertz CT molecular complexity index is 725. The van der Waals surface area contributed by atoms with E-state index in [-0.39, 0.29) is 5.82 Å². The number of hydrogen-bond acceptors (Lipinski definition) is 5. The third kappa shape index (κ3) is 3.93. The molecule has 0 saturated carbocycles. The molecular weight excluding hydrogens is 338 g/mol. The van der Waals surface area contributed by atoms with Gasteiger partial charge in [-0.3, -0.25) is 4.90 Å². The molecule has 2 aliphatic heterocycles. The van der Waals surface area contributed by atoms with Gasteiger partial charge in [-0.25, -0.2) is 18.7 Å². The molecular formula is C19H22F2N4O. The average Bonchev–Trinajstić information content (AvgIpc) is 2.67. The number of hydrogen-bond donors (Lipinski definition) is 0. The fourth-order valence-electron chi connectivity index (χ4n) is 3.79. The molecule has 0 spiro atoms. The Hall–Kier alpha value is -2.28. The molecule has 0 bridgehead atoms. The second kappa shape index (κ2) is 7.53. The van der Waals surface area contributed by atoms with Crippen LogP contribution in [0.4, 0.5) is 14.7 Å². The molecule has 1 aromatic heterocycles. The minimum Gasteiger partial charge on any atom is -0.493 e. The van der Waals surface area contributed by atoms with E-state index in [1.54, 1.807) is 12.1 Å². The highest BCUT2D eigenvalue weighted by Gasteiger charge is 2.33. The summed E-state index contributed by atoms with van der Waals surface area (Å²) >= 11 is 0. The highest BCUT2D eigenvalue weighted by Crippen LogP contribution is 2.27. The van der Waals surface area contributed by atoms with Crippen LogP contribution in [0.1, 0.15) is 12.8 Å². The van der Waals surface area contributed by atoms with Gasteiger partial charge in [-0.1, -0.05) is 0 Å². The molecule has 4 rings (SSSR count). The molecule has 0 aliphatic carbocycles. The van der Waals surface area contributed by atoms with Crippen molar-refractivity contribution in [3.8, 4) is 5.75 Å². The normalized spacial score (nSPS) is 23.5. The van der Waals surface area contributed by atoms with Crippen LogP contribution in [0.15, 0.2) is 36.7 Å². The van der Waals surface area contributed by atoms with Gasteiger partial charge in [0.15, 0.2) is 5.82 Å². The quantitative estimate of drug-likeness (QED) is 0.839. The molecule has 0 radical (unpaired) electrons. The maximum absolute atomic E-state index is 13.0. The van der Waals surface area contributed by atoms with Gasteiger partial charge in [-0.15, -0.1) is 0 Å². The Labute approximate surface area is 151 Å². The lowest BCUT2D eigenvalue weighted by molar-refractivity contribution is 0.0725. The van der Waals surface area contributed by atoms with Crippen molar-refractivity contribution in [3.63, 3.8) is 0 Å². The number of anilines is 1. The van der Waals surface area contributed by atoms with Crippen molar-refractivity contribution in [3.05, 3.63) is 48.3 Å². The van der Waals surface area contributed by atoms with E-state index in [2.05, 4.69) is 19.8 Å². The minimum absolute atomic E-state index is 0.249. The number of benzene rings is 1. The topological polar surface area (TPSA) is 41.5 Å². The maximum Gasteiger partial charge on any atom is 0.225 e. The number of piperidine rings is 1. The largest absolute Gasteiger partial charge is 0.493 e. The van der Waals surface area contributed by atoms with Crippen LogP contribution in [0.3, 0.4) is 0 Å². The van der Waals surface area contributed by atoms with Crippen LogP contribution in [-0.2, 0) is 0 Å². The van der Waals surface area contributed by atoms with Crippen molar-refractivity contribution in [1.29, 1.82) is 0 Å². The summed E-state index contributed by atoms with van der Waals surface area (Å²) in [7, 11) is 0. The van der Waals surface area contributed by atoms with E-state index in [0.717, 1.165) is 39.0 Å². The van der Waals surface area contributed by atoms with E-state index in [1.807, 2.05) is 0 Å². The average molecular weight is 360 g/mol. The fourth-order valence-corrected chi connectivity index (χ4v) is 3.79. The Morgan fingerprint density at radius 2 is 1.73 bits per heavy atom. The van der Waals surface area contributed by atoms with Gasteiger partial charge in [-0.2, -0.15) is 0 Å². The summed E-state index contributed by atoms with van der Waals surface area (Å²) in [6, 6.07) is 6.65. The monoisotopic (exact) mass is 360 g/mol. The number of rotatable bonds is 4. The molecule has 0 N–H and O–H groups in total. The van der Waals surface area contributed by atoms with E-state index >= 15 is 0 Å². The lowest BCUT2D eigenvalue weighted by Gasteiger charge is -2.46. The third-order valence-electron chi connectivity index (χ3n) is 5.19. The molecule has 1 aromatic carbocycles. The van der Waals surface area contributed by atoms with Crippen molar-refractivity contribution < 1.29 is 13.5 Å². The summed E-state index contributed by atoms with van der Waals surface area (Å²) in [5.74, 6) is 1.14. The van der Waals surface area contributed by atoms with Gasteiger partial charge in [0.05, 0.1) is 19.0 Å². The smallest absolute Gasteiger partial charge is 0.225 e. The van der Waals surface area contributed by atoms with Crippen molar-refractivity contribution in [2.24, 2.45) is 5.92 Å². The first kappa shape index (κ1) is 17.1. The Morgan fingerprint density at radius 1 is 0.962 bits per heavy atom. The Morgan fingerprint density at radius 3 is 2.50 bits per heavy atom. The predicted molar refractivity (Wildman–Crippen MR) is 94.2 cm³/mol. The zero-order valence-corrected chi connectivity index (χ0v) is 14.5. The van der Waals surface area contributed by atoms with E-state index in [1.165, 1.54) is 24.5 Å². The number of ether oxygens (including phenoxy) is 1. The van der Waals surface area contributed by atoms with E-state index in [9.17, 15) is 8.78 Å². The molecule has 7 heteroatoms. The van der Waals surface area contributed by atoms with Crippen LogP contribution in [0, 0.1) is 17.6 Å². The van der Waals surface area contributed by atoms with Crippen LogP contribution >= 0.6 is 0 Å². The van der Waals surface area contributed by atoms with Crippen LogP contribution < -0.4 is 9.64 Å². The summed E-state index contributed by atoms with van der Waals surface area (Å²) in [4.78, 5) is 12.8. The Balaban J connectivity index is 1.29. The van der Waals surface area contributed by atoms with E-state index in [0.29, 0.717) is 30.3 Å². The first-order chi connectivity index (χ1) is 12.7. The minimum atomic E-state index is -0.408.